The Morgan fingerprint density at radius 3 is 3.00 bits per heavy atom. The average Bonchev–Trinajstić information content (AvgIpc) is 2.66. The van der Waals surface area contributed by atoms with Crippen molar-refractivity contribution >= 4 is 21.8 Å². The van der Waals surface area contributed by atoms with Crippen LogP contribution in [0, 0.1) is 6.92 Å². The van der Waals surface area contributed by atoms with Crippen molar-refractivity contribution in [1.29, 1.82) is 0 Å². The van der Waals surface area contributed by atoms with E-state index in [1.54, 1.807) is 0 Å². The first-order valence-electron chi connectivity index (χ1n) is 5.40. The fraction of sp³-hybridized carbons (Fsp3) is 0.417. The highest BCUT2D eigenvalue weighted by Gasteiger charge is 2.20. The van der Waals surface area contributed by atoms with Crippen LogP contribution in [0.2, 0.25) is 0 Å². The van der Waals surface area contributed by atoms with Gasteiger partial charge in [0.05, 0.1) is 0 Å². The molecule has 1 aliphatic heterocycles. The first-order valence-corrected chi connectivity index (χ1v) is 6.19. The Hall–Kier alpha value is -0.870. The van der Waals surface area contributed by atoms with Crippen LogP contribution in [-0.2, 0) is 11.3 Å². The highest BCUT2D eigenvalue weighted by atomic mass is 79.9. The number of hydrogen-bond donors (Lipinski definition) is 2. The zero-order valence-electron chi connectivity index (χ0n) is 9.22. The molecule has 1 unspecified atom stereocenters. The summed E-state index contributed by atoms with van der Waals surface area (Å²) in [6.45, 7) is 3.62. The van der Waals surface area contributed by atoms with Gasteiger partial charge in [0.15, 0.2) is 0 Å². The number of aryl methyl sites for hydroxylation is 1. The molecule has 2 rings (SSSR count). The normalized spacial score (nSPS) is 19.9. The van der Waals surface area contributed by atoms with Crippen molar-refractivity contribution in [3.05, 3.63) is 33.8 Å². The summed E-state index contributed by atoms with van der Waals surface area (Å²) in [5.41, 5.74) is 2.47. The van der Waals surface area contributed by atoms with E-state index in [-0.39, 0.29) is 11.9 Å². The minimum Gasteiger partial charge on any atom is -0.354 e. The van der Waals surface area contributed by atoms with Crippen molar-refractivity contribution < 1.29 is 4.79 Å². The molecule has 1 atom stereocenters. The fourth-order valence-corrected chi connectivity index (χ4v) is 2.18. The van der Waals surface area contributed by atoms with Gasteiger partial charge < -0.3 is 10.6 Å². The molecule has 3 nitrogen and oxygen atoms in total. The molecule has 0 saturated carbocycles. The molecule has 4 heteroatoms. The Labute approximate surface area is 104 Å². The molecule has 1 aliphatic rings. The molecule has 1 fully saturated rings. The Morgan fingerprint density at radius 1 is 1.56 bits per heavy atom. The molecule has 86 valence electrons. The van der Waals surface area contributed by atoms with Crippen LogP contribution in [-0.4, -0.2) is 18.5 Å². The van der Waals surface area contributed by atoms with Gasteiger partial charge >= 0.3 is 0 Å². The summed E-state index contributed by atoms with van der Waals surface area (Å²) in [6.07, 6.45) is 0.590. The van der Waals surface area contributed by atoms with E-state index in [0.29, 0.717) is 6.42 Å². The van der Waals surface area contributed by atoms with Crippen molar-refractivity contribution in [2.45, 2.75) is 25.9 Å². The highest BCUT2D eigenvalue weighted by Crippen LogP contribution is 2.17. The number of benzene rings is 1. The van der Waals surface area contributed by atoms with Crippen LogP contribution in [0.5, 0.6) is 0 Å². The van der Waals surface area contributed by atoms with Gasteiger partial charge in [-0.1, -0.05) is 28.1 Å². The fourth-order valence-electron chi connectivity index (χ4n) is 1.76. The molecule has 1 aromatic rings. The summed E-state index contributed by atoms with van der Waals surface area (Å²) in [5.74, 6) is 0.141. The summed E-state index contributed by atoms with van der Waals surface area (Å²) in [5, 5.41) is 6.19. The molecule has 1 saturated heterocycles. The molecule has 16 heavy (non-hydrogen) atoms. The SMILES string of the molecule is Cc1ccc(CNC2CNC(=O)C2)cc1Br. The zero-order valence-corrected chi connectivity index (χ0v) is 10.8. The lowest BCUT2D eigenvalue weighted by Gasteiger charge is -2.10. The van der Waals surface area contributed by atoms with Crippen LogP contribution in [0.4, 0.5) is 0 Å². The maximum atomic E-state index is 11.0. The smallest absolute Gasteiger partial charge is 0.221 e. The molecule has 1 heterocycles. The molecule has 0 radical (unpaired) electrons. The van der Waals surface area contributed by atoms with E-state index in [1.165, 1.54) is 11.1 Å². The van der Waals surface area contributed by atoms with Crippen molar-refractivity contribution in [2.75, 3.05) is 6.54 Å². The lowest BCUT2D eigenvalue weighted by Crippen LogP contribution is -2.30. The second kappa shape index (κ2) is 4.97. The van der Waals surface area contributed by atoms with Crippen molar-refractivity contribution in [3.63, 3.8) is 0 Å². The second-order valence-corrected chi connectivity index (χ2v) is 5.02. The first-order chi connectivity index (χ1) is 7.65. The van der Waals surface area contributed by atoms with Gasteiger partial charge in [-0.15, -0.1) is 0 Å². The lowest BCUT2D eigenvalue weighted by atomic mass is 10.1. The van der Waals surface area contributed by atoms with Gasteiger partial charge in [-0.2, -0.15) is 0 Å². The molecule has 2 N–H and O–H groups in total. The van der Waals surface area contributed by atoms with E-state index in [9.17, 15) is 4.79 Å². The van der Waals surface area contributed by atoms with E-state index >= 15 is 0 Å². The van der Waals surface area contributed by atoms with Gasteiger partial charge in [-0.05, 0) is 24.1 Å². The second-order valence-electron chi connectivity index (χ2n) is 4.17. The molecule has 1 amide bonds. The van der Waals surface area contributed by atoms with E-state index in [2.05, 4.69) is 51.7 Å². The Bertz CT molecular complexity index is 406. The predicted octanol–water partition coefficient (Wildman–Crippen LogP) is 1.74. The standard InChI is InChI=1S/C12H15BrN2O/c1-8-2-3-9(4-11(8)13)6-14-10-5-12(16)15-7-10/h2-4,10,14H,5-7H2,1H3,(H,15,16). The molecule has 0 spiro atoms. The van der Waals surface area contributed by atoms with E-state index in [0.717, 1.165) is 17.6 Å². The van der Waals surface area contributed by atoms with Crippen LogP contribution in [0.3, 0.4) is 0 Å². The summed E-state index contributed by atoms with van der Waals surface area (Å²) < 4.78 is 1.13. The van der Waals surface area contributed by atoms with Crippen LogP contribution < -0.4 is 10.6 Å². The van der Waals surface area contributed by atoms with Crippen molar-refractivity contribution in [2.24, 2.45) is 0 Å². The summed E-state index contributed by atoms with van der Waals surface area (Å²) >= 11 is 3.51. The Balaban J connectivity index is 1.89. The number of carbonyl (C=O) groups is 1. The number of hydrogen-bond acceptors (Lipinski definition) is 2. The maximum absolute atomic E-state index is 11.0. The van der Waals surface area contributed by atoms with Gasteiger partial charge in [0.1, 0.15) is 0 Å². The topological polar surface area (TPSA) is 41.1 Å². The quantitative estimate of drug-likeness (QED) is 0.887. The van der Waals surface area contributed by atoms with Gasteiger partial charge in [0, 0.05) is 30.0 Å². The summed E-state index contributed by atoms with van der Waals surface area (Å²) in [6, 6.07) is 6.59. The number of halogens is 1. The average molecular weight is 283 g/mol. The third-order valence-corrected chi connectivity index (χ3v) is 3.66. The van der Waals surface area contributed by atoms with E-state index < -0.39 is 0 Å². The Kier molecular flexibility index (Phi) is 3.61. The number of rotatable bonds is 3. The van der Waals surface area contributed by atoms with Crippen LogP contribution in [0.15, 0.2) is 22.7 Å². The molecule has 1 aromatic carbocycles. The minimum absolute atomic E-state index is 0.141. The van der Waals surface area contributed by atoms with Crippen LogP contribution >= 0.6 is 15.9 Å². The predicted molar refractivity (Wildman–Crippen MR) is 67.1 cm³/mol. The van der Waals surface area contributed by atoms with Crippen LogP contribution in [0.1, 0.15) is 17.5 Å². The molecular formula is C12H15BrN2O. The van der Waals surface area contributed by atoms with Gasteiger partial charge in [0.2, 0.25) is 5.91 Å². The van der Waals surface area contributed by atoms with E-state index in [1.807, 2.05) is 0 Å². The highest BCUT2D eigenvalue weighted by molar-refractivity contribution is 9.10. The zero-order chi connectivity index (χ0) is 11.5. The number of carbonyl (C=O) groups excluding carboxylic acids is 1. The maximum Gasteiger partial charge on any atom is 0.221 e. The monoisotopic (exact) mass is 282 g/mol. The first kappa shape index (κ1) is 11.6. The van der Waals surface area contributed by atoms with Crippen LogP contribution in [0.25, 0.3) is 0 Å². The summed E-state index contributed by atoms with van der Waals surface area (Å²) in [7, 11) is 0. The van der Waals surface area contributed by atoms with Gasteiger partial charge in [-0.25, -0.2) is 0 Å². The van der Waals surface area contributed by atoms with Gasteiger partial charge in [0.25, 0.3) is 0 Å². The number of amides is 1. The van der Waals surface area contributed by atoms with Gasteiger partial charge in [-0.3, -0.25) is 4.79 Å². The van der Waals surface area contributed by atoms with Crippen molar-refractivity contribution in [3.8, 4) is 0 Å². The summed E-state index contributed by atoms with van der Waals surface area (Å²) in [4.78, 5) is 11.0. The molecular weight excluding hydrogens is 268 g/mol. The lowest BCUT2D eigenvalue weighted by molar-refractivity contribution is -0.119. The number of nitrogens with one attached hydrogen (secondary N) is 2. The molecule has 0 aliphatic carbocycles. The van der Waals surface area contributed by atoms with Crippen molar-refractivity contribution in [1.82, 2.24) is 10.6 Å². The largest absolute Gasteiger partial charge is 0.354 e. The third-order valence-electron chi connectivity index (χ3n) is 2.81. The van der Waals surface area contributed by atoms with E-state index in [4.69, 9.17) is 0 Å². The molecule has 0 aromatic heterocycles. The molecule has 0 bridgehead atoms. The third kappa shape index (κ3) is 2.83. The Morgan fingerprint density at radius 2 is 2.38 bits per heavy atom. The minimum atomic E-state index is 0.141.